The summed E-state index contributed by atoms with van der Waals surface area (Å²) in [5, 5.41) is 9.11. The van der Waals surface area contributed by atoms with Gasteiger partial charge in [0.05, 0.1) is 12.5 Å². The highest BCUT2D eigenvalue weighted by atomic mass is 16.5. The van der Waals surface area contributed by atoms with Crippen LogP contribution >= 0.6 is 0 Å². The van der Waals surface area contributed by atoms with Crippen molar-refractivity contribution in [3.8, 4) is 0 Å². The van der Waals surface area contributed by atoms with Crippen LogP contribution in [0.5, 0.6) is 0 Å². The maximum absolute atomic E-state index is 11.2. The van der Waals surface area contributed by atoms with Gasteiger partial charge in [-0.15, -0.1) is 6.58 Å². The Morgan fingerprint density at radius 1 is 1.47 bits per heavy atom. The van der Waals surface area contributed by atoms with Gasteiger partial charge in [-0.1, -0.05) is 36.4 Å². The van der Waals surface area contributed by atoms with Crippen molar-refractivity contribution in [3.05, 3.63) is 48.6 Å². The van der Waals surface area contributed by atoms with Crippen LogP contribution < -0.4 is 0 Å². The number of carbonyl (C=O) groups excluding carboxylic acids is 1. The van der Waals surface area contributed by atoms with E-state index in [1.807, 2.05) is 30.3 Å². The second-order valence-electron chi connectivity index (χ2n) is 3.15. The molecule has 3 nitrogen and oxygen atoms in total. The molecule has 0 spiro atoms. The normalized spacial score (nSPS) is 11.8. The monoisotopic (exact) mass is 206 g/mol. The van der Waals surface area contributed by atoms with Crippen LogP contribution in [0.4, 0.5) is 0 Å². The van der Waals surface area contributed by atoms with E-state index in [-0.39, 0.29) is 13.0 Å². The molecular formula is C12H14O3. The van der Waals surface area contributed by atoms with E-state index in [0.717, 1.165) is 5.56 Å². The van der Waals surface area contributed by atoms with Gasteiger partial charge >= 0.3 is 5.97 Å². The zero-order valence-corrected chi connectivity index (χ0v) is 8.43. The average molecular weight is 206 g/mol. The lowest BCUT2D eigenvalue weighted by Crippen LogP contribution is -2.13. The topological polar surface area (TPSA) is 46.5 Å². The number of carbonyl (C=O) groups is 1. The van der Waals surface area contributed by atoms with Crippen molar-refractivity contribution in [2.75, 3.05) is 0 Å². The Hall–Kier alpha value is -1.61. The van der Waals surface area contributed by atoms with Gasteiger partial charge in [-0.3, -0.25) is 4.79 Å². The van der Waals surface area contributed by atoms with Gasteiger partial charge < -0.3 is 9.84 Å². The van der Waals surface area contributed by atoms with Crippen LogP contribution in [-0.2, 0) is 16.1 Å². The summed E-state index contributed by atoms with van der Waals surface area (Å²) in [6, 6.07) is 9.39. The van der Waals surface area contributed by atoms with Crippen molar-refractivity contribution in [1.29, 1.82) is 0 Å². The lowest BCUT2D eigenvalue weighted by molar-refractivity contribution is -0.146. The van der Waals surface area contributed by atoms with Gasteiger partial charge in [0, 0.05) is 0 Å². The Morgan fingerprint density at radius 3 is 2.73 bits per heavy atom. The van der Waals surface area contributed by atoms with Crippen molar-refractivity contribution >= 4 is 5.97 Å². The van der Waals surface area contributed by atoms with E-state index in [1.165, 1.54) is 6.08 Å². The van der Waals surface area contributed by atoms with E-state index >= 15 is 0 Å². The molecular weight excluding hydrogens is 192 g/mol. The van der Waals surface area contributed by atoms with E-state index in [9.17, 15) is 4.79 Å². The molecule has 1 aromatic rings. The molecule has 0 saturated heterocycles. The second-order valence-corrected chi connectivity index (χ2v) is 3.15. The van der Waals surface area contributed by atoms with Crippen LogP contribution in [0.1, 0.15) is 12.0 Å². The number of benzene rings is 1. The molecule has 15 heavy (non-hydrogen) atoms. The number of hydrogen-bond donors (Lipinski definition) is 1. The van der Waals surface area contributed by atoms with Crippen molar-refractivity contribution in [3.63, 3.8) is 0 Å². The largest absolute Gasteiger partial charge is 0.461 e. The molecule has 1 aromatic carbocycles. The molecule has 3 heteroatoms. The van der Waals surface area contributed by atoms with Gasteiger partial charge in [-0.2, -0.15) is 0 Å². The summed E-state index contributed by atoms with van der Waals surface area (Å²) in [5.74, 6) is -0.425. The predicted molar refractivity (Wildman–Crippen MR) is 57.1 cm³/mol. The highest BCUT2D eigenvalue weighted by Crippen LogP contribution is 2.03. The number of aliphatic hydroxyl groups is 1. The molecule has 0 radical (unpaired) electrons. The molecule has 0 aromatic heterocycles. The van der Waals surface area contributed by atoms with E-state index in [0.29, 0.717) is 0 Å². The third-order valence-corrected chi connectivity index (χ3v) is 1.89. The van der Waals surface area contributed by atoms with Crippen LogP contribution in [0.3, 0.4) is 0 Å². The van der Waals surface area contributed by atoms with Crippen LogP contribution in [0.2, 0.25) is 0 Å². The third kappa shape index (κ3) is 4.42. The Morgan fingerprint density at radius 2 is 2.13 bits per heavy atom. The Labute approximate surface area is 89.0 Å². The first-order valence-corrected chi connectivity index (χ1v) is 4.72. The molecule has 0 aliphatic carbocycles. The van der Waals surface area contributed by atoms with Gasteiger partial charge in [-0.25, -0.2) is 0 Å². The summed E-state index contributed by atoms with van der Waals surface area (Å²) < 4.78 is 4.95. The molecule has 0 bridgehead atoms. The number of rotatable bonds is 5. The van der Waals surface area contributed by atoms with Crippen molar-refractivity contribution in [2.45, 2.75) is 19.1 Å². The van der Waals surface area contributed by atoms with Crippen molar-refractivity contribution < 1.29 is 14.6 Å². The van der Waals surface area contributed by atoms with E-state index < -0.39 is 12.1 Å². The summed E-state index contributed by atoms with van der Waals surface area (Å²) in [7, 11) is 0. The SMILES string of the molecule is C=CC(O)CC(=O)OCc1ccccc1. The summed E-state index contributed by atoms with van der Waals surface area (Å²) in [5.41, 5.74) is 0.930. The molecule has 0 aliphatic rings. The number of ether oxygens (including phenoxy) is 1. The number of esters is 1. The Kier molecular flexibility index (Phi) is 4.57. The minimum atomic E-state index is -0.826. The maximum Gasteiger partial charge on any atom is 0.309 e. The molecule has 1 unspecified atom stereocenters. The fourth-order valence-electron chi connectivity index (χ4n) is 1.05. The van der Waals surface area contributed by atoms with Crippen LogP contribution in [-0.4, -0.2) is 17.2 Å². The molecule has 0 fully saturated rings. The minimum absolute atomic E-state index is 0.0453. The molecule has 1 rings (SSSR count). The predicted octanol–water partition coefficient (Wildman–Crippen LogP) is 1.67. The molecule has 80 valence electrons. The minimum Gasteiger partial charge on any atom is -0.461 e. The van der Waals surface area contributed by atoms with Crippen molar-refractivity contribution in [2.24, 2.45) is 0 Å². The summed E-state index contributed by atoms with van der Waals surface area (Å²) in [6.45, 7) is 3.61. The number of hydrogen-bond acceptors (Lipinski definition) is 3. The second kappa shape index (κ2) is 5.98. The first-order chi connectivity index (χ1) is 7.22. The third-order valence-electron chi connectivity index (χ3n) is 1.89. The highest BCUT2D eigenvalue weighted by molar-refractivity contribution is 5.70. The lowest BCUT2D eigenvalue weighted by Gasteiger charge is -2.06. The summed E-state index contributed by atoms with van der Waals surface area (Å²) >= 11 is 0. The highest BCUT2D eigenvalue weighted by Gasteiger charge is 2.08. The summed E-state index contributed by atoms with van der Waals surface area (Å²) in [4.78, 5) is 11.2. The quantitative estimate of drug-likeness (QED) is 0.588. The molecule has 0 saturated carbocycles. The van der Waals surface area contributed by atoms with Gasteiger partial charge in [0.2, 0.25) is 0 Å². The summed E-state index contributed by atoms with van der Waals surface area (Å²) in [6.07, 6.45) is 0.438. The molecule has 0 heterocycles. The van der Waals surface area contributed by atoms with E-state index in [1.54, 1.807) is 0 Å². The standard InChI is InChI=1S/C12H14O3/c1-2-11(13)8-12(14)15-9-10-6-4-3-5-7-10/h2-7,11,13H,1,8-9H2. The Balaban J connectivity index is 2.31. The van der Waals surface area contributed by atoms with Gasteiger partial charge in [0.15, 0.2) is 0 Å². The van der Waals surface area contributed by atoms with E-state index in [2.05, 4.69) is 6.58 Å². The maximum atomic E-state index is 11.2. The first kappa shape index (κ1) is 11.5. The van der Waals surface area contributed by atoms with Crippen LogP contribution in [0, 0.1) is 0 Å². The van der Waals surface area contributed by atoms with Crippen LogP contribution in [0.25, 0.3) is 0 Å². The van der Waals surface area contributed by atoms with Crippen LogP contribution in [0.15, 0.2) is 43.0 Å². The number of aliphatic hydroxyl groups excluding tert-OH is 1. The molecule has 1 N–H and O–H groups in total. The van der Waals surface area contributed by atoms with Gasteiger partial charge in [0.1, 0.15) is 6.61 Å². The Bertz CT molecular complexity index is 319. The van der Waals surface area contributed by atoms with Gasteiger partial charge in [-0.05, 0) is 5.56 Å². The molecule has 1 atom stereocenters. The smallest absolute Gasteiger partial charge is 0.309 e. The fourth-order valence-corrected chi connectivity index (χ4v) is 1.05. The van der Waals surface area contributed by atoms with Crippen molar-refractivity contribution in [1.82, 2.24) is 0 Å². The fraction of sp³-hybridized carbons (Fsp3) is 0.250. The lowest BCUT2D eigenvalue weighted by atomic mass is 10.2. The molecule has 0 aliphatic heterocycles. The van der Waals surface area contributed by atoms with Gasteiger partial charge in [0.25, 0.3) is 0 Å². The average Bonchev–Trinajstić information content (AvgIpc) is 2.27. The first-order valence-electron chi connectivity index (χ1n) is 4.72. The van der Waals surface area contributed by atoms with E-state index in [4.69, 9.17) is 9.84 Å². The zero-order chi connectivity index (χ0) is 11.1. The molecule has 0 amide bonds. The zero-order valence-electron chi connectivity index (χ0n) is 8.43.